The maximum Gasteiger partial charge on any atom is 0.418 e. The lowest BCUT2D eigenvalue weighted by Crippen LogP contribution is -2.21. The van der Waals surface area contributed by atoms with Crippen LogP contribution < -0.4 is 15.4 Å². The van der Waals surface area contributed by atoms with Gasteiger partial charge in [-0.3, -0.25) is 0 Å². The number of sulfonamides is 1. The molecule has 7 nitrogen and oxygen atoms in total. The fourth-order valence-electron chi connectivity index (χ4n) is 2.39. The van der Waals surface area contributed by atoms with E-state index in [1.807, 2.05) is 0 Å². The lowest BCUT2D eigenvalue weighted by atomic mass is 10.1. The maximum atomic E-state index is 13.2. The Kier molecular flexibility index (Phi) is 6.62. The zero-order chi connectivity index (χ0) is 22.6. The molecule has 0 unspecified atom stereocenters. The molecule has 3 aromatic rings. The molecular weight excluding hydrogens is 475 g/mol. The van der Waals surface area contributed by atoms with E-state index in [2.05, 4.69) is 25.3 Å². The van der Waals surface area contributed by atoms with Gasteiger partial charge in [0.05, 0.1) is 16.1 Å². The first-order chi connectivity index (χ1) is 14.5. The summed E-state index contributed by atoms with van der Waals surface area (Å²) in [5.74, 6) is -0.0847. The van der Waals surface area contributed by atoms with Crippen molar-refractivity contribution in [2.24, 2.45) is 0 Å². The summed E-state index contributed by atoms with van der Waals surface area (Å²) in [5.41, 5.74) is -0.893. The number of hydrogen-bond donors (Lipinski definition) is 3. The number of nitrogens with one attached hydrogen (secondary N) is 3. The van der Waals surface area contributed by atoms with Crippen LogP contribution in [0.25, 0.3) is 0 Å². The standard InChI is InChI=1S/C18H13ClF3N5O2S2/c19-11-2-7-15(14(10-11)18(20,21)22)26-17(30)25-12-3-5-13(6-4-12)31(28,29)27-16-23-8-1-9-24-16/h1-10H,(H,23,24,27)(H2,25,26,30). The van der Waals surface area contributed by atoms with Crippen LogP contribution in [0.4, 0.5) is 30.5 Å². The Morgan fingerprint density at radius 3 is 2.26 bits per heavy atom. The Morgan fingerprint density at radius 2 is 1.65 bits per heavy atom. The van der Waals surface area contributed by atoms with Gasteiger partial charge in [-0.05, 0) is 60.7 Å². The second kappa shape index (κ2) is 9.04. The molecule has 0 atom stereocenters. The number of alkyl halides is 3. The van der Waals surface area contributed by atoms with Gasteiger partial charge in [-0.2, -0.15) is 13.2 Å². The van der Waals surface area contributed by atoms with Gasteiger partial charge in [-0.15, -0.1) is 0 Å². The Balaban J connectivity index is 1.70. The maximum absolute atomic E-state index is 13.2. The van der Waals surface area contributed by atoms with Crippen molar-refractivity contribution in [2.45, 2.75) is 11.1 Å². The highest BCUT2D eigenvalue weighted by Gasteiger charge is 2.34. The zero-order valence-electron chi connectivity index (χ0n) is 15.3. The second-order valence-corrected chi connectivity index (χ2v) is 8.50. The molecule has 1 aromatic heterocycles. The minimum atomic E-state index is -4.63. The summed E-state index contributed by atoms with van der Waals surface area (Å²) in [5, 5.41) is 4.96. The second-order valence-electron chi connectivity index (χ2n) is 5.97. The van der Waals surface area contributed by atoms with Gasteiger partial charge in [0.25, 0.3) is 10.0 Å². The van der Waals surface area contributed by atoms with Crippen molar-refractivity contribution in [2.75, 3.05) is 15.4 Å². The predicted octanol–water partition coefficient (Wildman–Crippen LogP) is 4.76. The normalized spacial score (nSPS) is 11.6. The number of nitrogens with zero attached hydrogens (tertiary/aromatic N) is 2. The van der Waals surface area contributed by atoms with Crippen LogP contribution in [0.3, 0.4) is 0 Å². The number of hydrogen-bond acceptors (Lipinski definition) is 5. The largest absolute Gasteiger partial charge is 0.418 e. The fourth-order valence-corrected chi connectivity index (χ4v) is 3.75. The van der Waals surface area contributed by atoms with Gasteiger partial charge in [-0.25, -0.2) is 23.1 Å². The number of anilines is 3. The number of halogens is 4. The molecule has 162 valence electrons. The topological polar surface area (TPSA) is 96.0 Å². The van der Waals surface area contributed by atoms with Crippen molar-refractivity contribution in [3.63, 3.8) is 0 Å². The molecule has 3 N–H and O–H groups in total. The number of benzene rings is 2. The highest BCUT2D eigenvalue weighted by molar-refractivity contribution is 7.92. The Morgan fingerprint density at radius 1 is 1.00 bits per heavy atom. The summed E-state index contributed by atoms with van der Waals surface area (Å²) in [7, 11) is -3.92. The number of thiocarbonyl (C=S) groups is 1. The smallest absolute Gasteiger partial charge is 0.332 e. The summed E-state index contributed by atoms with van der Waals surface area (Å²) < 4.78 is 66.5. The molecule has 2 aromatic carbocycles. The third-order valence-electron chi connectivity index (χ3n) is 3.75. The molecule has 1 heterocycles. The van der Waals surface area contributed by atoms with Crippen LogP contribution in [0, 0.1) is 0 Å². The van der Waals surface area contributed by atoms with Crippen LogP contribution in [0.5, 0.6) is 0 Å². The van der Waals surface area contributed by atoms with E-state index in [4.69, 9.17) is 23.8 Å². The van der Waals surface area contributed by atoms with Gasteiger partial charge in [0.1, 0.15) is 0 Å². The predicted molar refractivity (Wildman–Crippen MR) is 116 cm³/mol. The van der Waals surface area contributed by atoms with Crippen LogP contribution in [0.15, 0.2) is 65.8 Å². The fraction of sp³-hybridized carbons (Fsp3) is 0.0556. The van der Waals surface area contributed by atoms with Crippen LogP contribution in [0.1, 0.15) is 5.56 Å². The van der Waals surface area contributed by atoms with Gasteiger partial charge in [0.15, 0.2) is 5.11 Å². The monoisotopic (exact) mass is 487 g/mol. The summed E-state index contributed by atoms with van der Waals surface area (Å²) in [4.78, 5) is 7.51. The minimum absolute atomic E-state index is 0.0666. The minimum Gasteiger partial charge on any atom is -0.332 e. The van der Waals surface area contributed by atoms with E-state index in [1.165, 1.54) is 48.8 Å². The van der Waals surface area contributed by atoms with Crippen LogP contribution >= 0.6 is 23.8 Å². The van der Waals surface area contributed by atoms with Crippen LogP contribution in [-0.4, -0.2) is 23.5 Å². The third kappa shape index (κ3) is 6.03. The molecule has 0 saturated carbocycles. The van der Waals surface area contributed by atoms with E-state index in [-0.39, 0.29) is 26.7 Å². The van der Waals surface area contributed by atoms with Crippen molar-refractivity contribution in [1.82, 2.24) is 9.97 Å². The van der Waals surface area contributed by atoms with E-state index < -0.39 is 21.8 Å². The van der Waals surface area contributed by atoms with Crippen LogP contribution in [0.2, 0.25) is 5.02 Å². The molecule has 0 spiro atoms. The Bertz CT molecular complexity index is 1190. The first-order valence-electron chi connectivity index (χ1n) is 8.39. The quantitative estimate of drug-likeness (QED) is 0.446. The molecule has 0 saturated heterocycles. The first-order valence-corrected chi connectivity index (χ1v) is 10.7. The van der Waals surface area contributed by atoms with Gasteiger partial charge in [-0.1, -0.05) is 11.6 Å². The van der Waals surface area contributed by atoms with E-state index in [1.54, 1.807) is 0 Å². The highest BCUT2D eigenvalue weighted by atomic mass is 35.5. The lowest BCUT2D eigenvalue weighted by Gasteiger charge is -2.16. The molecule has 0 fully saturated rings. The summed E-state index contributed by atoms with van der Waals surface area (Å²) >= 11 is 10.7. The highest BCUT2D eigenvalue weighted by Crippen LogP contribution is 2.36. The molecule has 0 bridgehead atoms. The zero-order valence-corrected chi connectivity index (χ0v) is 17.7. The van der Waals surface area contributed by atoms with Gasteiger partial charge in [0.2, 0.25) is 5.95 Å². The van der Waals surface area contributed by atoms with Crippen molar-refractivity contribution in [3.05, 3.63) is 71.5 Å². The Hall–Kier alpha value is -2.96. The van der Waals surface area contributed by atoms with Gasteiger partial charge < -0.3 is 10.6 Å². The molecule has 3 rings (SSSR count). The molecule has 0 radical (unpaired) electrons. The van der Waals surface area contributed by atoms with Gasteiger partial charge in [0, 0.05) is 23.1 Å². The molecule has 31 heavy (non-hydrogen) atoms. The van der Waals surface area contributed by atoms with Gasteiger partial charge >= 0.3 is 6.18 Å². The first kappa shape index (κ1) is 22.7. The van der Waals surface area contributed by atoms with Crippen molar-refractivity contribution in [3.8, 4) is 0 Å². The lowest BCUT2D eigenvalue weighted by molar-refractivity contribution is -0.136. The molecule has 0 aliphatic heterocycles. The molecular formula is C18H13ClF3N5O2S2. The summed E-state index contributed by atoms with van der Waals surface area (Å²) in [6.45, 7) is 0. The summed E-state index contributed by atoms with van der Waals surface area (Å²) in [6.07, 6.45) is -1.86. The van der Waals surface area contributed by atoms with E-state index in [0.717, 1.165) is 12.1 Å². The average Bonchev–Trinajstić information content (AvgIpc) is 2.69. The third-order valence-corrected chi connectivity index (χ3v) is 5.53. The summed E-state index contributed by atoms with van der Waals surface area (Å²) in [6, 6.07) is 10.2. The van der Waals surface area contributed by atoms with Crippen LogP contribution in [-0.2, 0) is 16.2 Å². The molecule has 13 heteroatoms. The van der Waals surface area contributed by atoms with E-state index >= 15 is 0 Å². The average molecular weight is 488 g/mol. The van der Waals surface area contributed by atoms with Crippen molar-refractivity contribution >= 4 is 56.3 Å². The number of rotatable bonds is 5. The van der Waals surface area contributed by atoms with E-state index in [9.17, 15) is 21.6 Å². The Labute approximate surface area is 185 Å². The number of aromatic nitrogens is 2. The van der Waals surface area contributed by atoms with Crippen molar-refractivity contribution < 1.29 is 21.6 Å². The van der Waals surface area contributed by atoms with Crippen molar-refractivity contribution in [1.29, 1.82) is 0 Å². The SMILES string of the molecule is O=S(=O)(Nc1ncccn1)c1ccc(NC(=S)Nc2ccc(Cl)cc2C(F)(F)F)cc1. The van der Waals surface area contributed by atoms with E-state index in [0.29, 0.717) is 5.69 Å². The molecule has 0 aliphatic carbocycles. The molecule has 0 aliphatic rings. The molecule has 0 amide bonds.